The fraction of sp³-hybridized carbons (Fsp3) is 0.542. The molecular weight excluding hydrogens is 449 g/mol. The number of rotatable bonds is 9. The molecule has 2 heterocycles. The Morgan fingerprint density at radius 1 is 1.26 bits per heavy atom. The lowest BCUT2D eigenvalue weighted by atomic mass is 10.0. The van der Waals surface area contributed by atoms with Gasteiger partial charge in [0.25, 0.3) is 0 Å². The van der Waals surface area contributed by atoms with E-state index in [9.17, 15) is 23.1 Å². The lowest BCUT2D eigenvalue weighted by molar-refractivity contribution is -0.143. The van der Waals surface area contributed by atoms with Crippen molar-refractivity contribution in [2.75, 3.05) is 31.6 Å². The lowest BCUT2D eigenvalue weighted by Gasteiger charge is -2.33. The van der Waals surface area contributed by atoms with Crippen LogP contribution in [-0.4, -0.2) is 58.5 Å². The molecule has 2 aromatic rings. The number of nitrogens with zero attached hydrogens (tertiary/aromatic N) is 3. The summed E-state index contributed by atoms with van der Waals surface area (Å²) in [5, 5.41) is 21.9. The number of anilines is 1. The second-order valence-corrected chi connectivity index (χ2v) is 8.54. The molecule has 3 rings (SSSR count). The fourth-order valence-electron chi connectivity index (χ4n) is 4.15. The van der Waals surface area contributed by atoms with Gasteiger partial charge in [0.05, 0.1) is 17.9 Å². The second kappa shape index (κ2) is 11.5. The van der Waals surface area contributed by atoms with E-state index >= 15 is 0 Å². The molecule has 1 aliphatic rings. The summed E-state index contributed by atoms with van der Waals surface area (Å²) in [6.07, 6.45) is -0.328. The minimum absolute atomic E-state index is 0.150. The number of unbranched alkanes of at least 4 members (excludes halogenated alkanes) is 1. The van der Waals surface area contributed by atoms with Gasteiger partial charge in [-0.25, -0.2) is 0 Å². The maximum absolute atomic E-state index is 12.9. The zero-order chi connectivity index (χ0) is 24.7. The van der Waals surface area contributed by atoms with Crippen LogP contribution in [0.1, 0.15) is 50.2 Å². The summed E-state index contributed by atoms with van der Waals surface area (Å²) in [4.78, 5) is 13.8. The number of ether oxygens (including phenoxy) is 1. The van der Waals surface area contributed by atoms with Crippen LogP contribution in [0.25, 0.3) is 11.3 Å². The molecule has 0 radical (unpaired) electrons. The number of phenols is 1. The van der Waals surface area contributed by atoms with E-state index in [-0.39, 0.29) is 17.6 Å². The highest BCUT2D eigenvalue weighted by Crippen LogP contribution is 2.36. The summed E-state index contributed by atoms with van der Waals surface area (Å²) < 4.78 is 43.5. The molecule has 1 aromatic heterocycles. The Kier molecular flexibility index (Phi) is 8.71. The lowest BCUT2D eigenvalue weighted by Crippen LogP contribution is -2.42. The molecule has 1 fully saturated rings. The maximum atomic E-state index is 12.9. The summed E-state index contributed by atoms with van der Waals surface area (Å²) in [5.74, 6) is -0.0525. The highest BCUT2D eigenvalue weighted by Gasteiger charge is 2.31. The van der Waals surface area contributed by atoms with E-state index in [1.165, 1.54) is 6.07 Å². The van der Waals surface area contributed by atoms with Crippen LogP contribution in [0.2, 0.25) is 0 Å². The Hall–Kier alpha value is -2.88. The number of halogens is 3. The van der Waals surface area contributed by atoms with Crippen molar-refractivity contribution < 1.29 is 27.8 Å². The van der Waals surface area contributed by atoms with Crippen LogP contribution in [0, 0.1) is 6.92 Å². The fourth-order valence-corrected chi connectivity index (χ4v) is 4.15. The van der Waals surface area contributed by atoms with Crippen LogP contribution in [0.4, 0.5) is 19.0 Å². The molecule has 34 heavy (non-hydrogen) atoms. The SMILES string of the molecule is CCOC(=O)CCCCN1CCC[C@@H](Nc2cc(C)c(-c3ccc(C(F)(F)F)cc3O)nn2)C1. The van der Waals surface area contributed by atoms with E-state index in [2.05, 4.69) is 20.4 Å². The van der Waals surface area contributed by atoms with E-state index in [4.69, 9.17) is 4.74 Å². The number of esters is 1. The third-order valence-electron chi connectivity index (χ3n) is 5.83. The summed E-state index contributed by atoms with van der Waals surface area (Å²) in [7, 11) is 0. The second-order valence-electron chi connectivity index (χ2n) is 8.54. The quantitative estimate of drug-likeness (QED) is 0.394. The van der Waals surface area contributed by atoms with Crippen molar-refractivity contribution in [2.24, 2.45) is 0 Å². The first-order valence-electron chi connectivity index (χ1n) is 11.6. The average Bonchev–Trinajstić information content (AvgIpc) is 2.77. The molecule has 0 amide bonds. The Balaban J connectivity index is 1.56. The first-order chi connectivity index (χ1) is 16.2. The van der Waals surface area contributed by atoms with Crippen molar-refractivity contribution in [2.45, 2.75) is 58.2 Å². The van der Waals surface area contributed by atoms with Crippen LogP contribution in [0.15, 0.2) is 24.3 Å². The van der Waals surface area contributed by atoms with E-state index < -0.39 is 17.5 Å². The van der Waals surface area contributed by atoms with Crippen LogP contribution in [0.3, 0.4) is 0 Å². The largest absolute Gasteiger partial charge is 0.507 e. The zero-order valence-electron chi connectivity index (χ0n) is 19.5. The zero-order valence-corrected chi connectivity index (χ0v) is 19.5. The van der Waals surface area contributed by atoms with E-state index in [1.54, 1.807) is 19.9 Å². The molecule has 1 atom stereocenters. The molecule has 7 nitrogen and oxygen atoms in total. The number of hydrogen-bond acceptors (Lipinski definition) is 7. The number of aryl methyl sites for hydroxylation is 1. The van der Waals surface area contributed by atoms with Gasteiger partial charge in [-0.1, -0.05) is 0 Å². The predicted octanol–water partition coefficient (Wildman–Crippen LogP) is 4.79. The molecule has 10 heteroatoms. The van der Waals surface area contributed by atoms with Crippen LogP contribution >= 0.6 is 0 Å². The van der Waals surface area contributed by atoms with Crippen LogP contribution in [-0.2, 0) is 15.7 Å². The average molecular weight is 481 g/mol. The van der Waals surface area contributed by atoms with Gasteiger partial charge in [-0.2, -0.15) is 13.2 Å². The first-order valence-corrected chi connectivity index (χ1v) is 11.6. The van der Waals surface area contributed by atoms with Crippen molar-refractivity contribution in [3.63, 3.8) is 0 Å². The predicted molar refractivity (Wildman–Crippen MR) is 122 cm³/mol. The van der Waals surface area contributed by atoms with E-state index in [1.807, 2.05) is 0 Å². The Labute approximate surface area is 197 Å². The summed E-state index contributed by atoms with van der Waals surface area (Å²) in [6.45, 7) is 6.76. The Bertz CT molecular complexity index is 984. The summed E-state index contributed by atoms with van der Waals surface area (Å²) in [6, 6.07) is 4.82. The minimum Gasteiger partial charge on any atom is -0.507 e. The van der Waals surface area contributed by atoms with Crippen molar-refractivity contribution in [1.29, 1.82) is 0 Å². The third-order valence-corrected chi connectivity index (χ3v) is 5.83. The van der Waals surface area contributed by atoms with Gasteiger partial charge in [-0.05, 0) is 82.4 Å². The molecule has 1 aliphatic heterocycles. The molecule has 1 aromatic carbocycles. The highest BCUT2D eigenvalue weighted by atomic mass is 19.4. The molecule has 186 valence electrons. The van der Waals surface area contributed by atoms with Gasteiger partial charge in [0.1, 0.15) is 11.6 Å². The number of carbonyl (C=O) groups is 1. The number of likely N-dealkylation sites (tertiary alicyclic amines) is 1. The third kappa shape index (κ3) is 7.06. The maximum Gasteiger partial charge on any atom is 0.416 e. The monoisotopic (exact) mass is 480 g/mol. The molecular formula is C24H31F3N4O3. The van der Waals surface area contributed by atoms with Crippen LogP contribution in [0.5, 0.6) is 5.75 Å². The number of phenolic OH excluding ortho intramolecular Hbond substituents is 1. The Morgan fingerprint density at radius 2 is 2.06 bits per heavy atom. The number of aromatic hydroxyl groups is 1. The number of hydrogen-bond donors (Lipinski definition) is 2. The van der Waals surface area contributed by atoms with Crippen molar-refractivity contribution in [3.05, 3.63) is 35.4 Å². The van der Waals surface area contributed by atoms with Gasteiger partial charge >= 0.3 is 12.1 Å². The normalized spacial score (nSPS) is 16.9. The van der Waals surface area contributed by atoms with E-state index in [0.717, 1.165) is 51.4 Å². The van der Waals surface area contributed by atoms with Gasteiger partial charge in [-0.15, -0.1) is 10.2 Å². The van der Waals surface area contributed by atoms with E-state index in [0.29, 0.717) is 36.2 Å². The Morgan fingerprint density at radius 3 is 2.74 bits per heavy atom. The number of nitrogens with one attached hydrogen (secondary N) is 1. The molecule has 0 spiro atoms. The highest BCUT2D eigenvalue weighted by molar-refractivity contribution is 5.70. The smallest absolute Gasteiger partial charge is 0.416 e. The van der Waals surface area contributed by atoms with Crippen molar-refractivity contribution in [3.8, 4) is 17.0 Å². The molecule has 0 aliphatic carbocycles. The van der Waals surface area contributed by atoms with Gasteiger partial charge in [0.15, 0.2) is 0 Å². The minimum atomic E-state index is -4.53. The molecule has 2 N–H and O–H groups in total. The number of benzene rings is 1. The number of carbonyl (C=O) groups excluding carboxylic acids is 1. The van der Waals surface area contributed by atoms with Gasteiger partial charge in [-0.3, -0.25) is 4.79 Å². The van der Waals surface area contributed by atoms with Gasteiger partial charge in [0.2, 0.25) is 0 Å². The summed E-state index contributed by atoms with van der Waals surface area (Å²) >= 11 is 0. The number of aromatic nitrogens is 2. The molecule has 1 saturated heterocycles. The van der Waals surface area contributed by atoms with Crippen molar-refractivity contribution in [1.82, 2.24) is 15.1 Å². The summed E-state index contributed by atoms with van der Waals surface area (Å²) in [5.41, 5.74) is 0.319. The molecule has 0 unspecified atom stereocenters. The standard InChI is InChI=1S/C24H31F3N4O3/c1-3-34-22(33)8-4-5-11-31-12-6-7-18(15-31)28-21-13-16(2)23(30-29-21)19-10-9-17(14-20(19)32)24(25,26)27/h9-10,13-14,18,32H,3-8,11-12,15H2,1-2H3,(H,28,29)/t18-/m1/s1. The van der Waals surface area contributed by atoms with Crippen LogP contribution < -0.4 is 5.32 Å². The molecule has 0 saturated carbocycles. The van der Waals surface area contributed by atoms with Gasteiger partial charge in [0, 0.05) is 24.6 Å². The molecule has 0 bridgehead atoms. The topological polar surface area (TPSA) is 87.6 Å². The van der Waals surface area contributed by atoms with Crippen molar-refractivity contribution >= 4 is 11.8 Å². The number of piperidine rings is 1. The van der Waals surface area contributed by atoms with Gasteiger partial charge < -0.3 is 20.1 Å². The number of alkyl halides is 3. The first kappa shape index (κ1) is 25.7.